The number of ether oxygens (including phenoxy) is 3. The van der Waals surface area contributed by atoms with Gasteiger partial charge in [-0.3, -0.25) is 4.79 Å². The molecule has 1 aliphatic carbocycles. The average Bonchev–Trinajstić information content (AvgIpc) is 2.88. The lowest BCUT2D eigenvalue weighted by Gasteiger charge is -2.50. The number of aliphatic hydroxyl groups excluding tert-OH is 4. The Balaban J connectivity index is 1.55. The van der Waals surface area contributed by atoms with Gasteiger partial charge < -0.3 is 72.5 Å². The molecule has 0 radical (unpaired) electrons. The monoisotopic (exact) mass is 588 g/mol. The molecular formula is C26H48N6O9. The third kappa shape index (κ3) is 7.20. The molecule has 236 valence electrons. The Morgan fingerprint density at radius 1 is 1.27 bits per heavy atom. The maximum absolute atomic E-state index is 13.0. The summed E-state index contributed by atoms with van der Waals surface area (Å²) in [6, 6.07) is -2.78. The van der Waals surface area contributed by atoms with E-state index in [9.17, 15) is 25.2 Å². The van der Waals surface area contributed by atoms with Crippen LogP contribution in [0.2, 0.25) is 0 Å². The minimum Gasteiger partial charge on any atom is -0.492 e. The molecule has 4 rings (SSSR count). The Kier molecular flexibility index (Phi) is 11.0. The Morgan fingerprint density at radius 2 is 2.00 bits per heavy atom. The van der Waals surface area contributed by atoms with Crippen LogP contribution < -0.4 is 32.7 Å². The molecule has 15 nitrogen and oxygen atoms in total. The molecule has 1 saturated carbocycles. The van der Waals surface area contributed by atoms with E-state index in [4.69, 9.17) is 30.8 Å². The summed E-state index contributed by atoms with van der Waals surface area (Å²) in [6.45, 7) is 3.12. The van der Waals surface area contributed by atoms with E-state index in [0.717, 1.165) is 0 Å². The number of hydrogen-bond donors (Lipinski definition) is 11. The Labute approximate surface area is 240 Å². The first-order valence-corrected chi connectivity index (χ1v) is 14.4. The number of likely N-dealkylation sites (N-methyl/N-ethyl adjacent to an activating group) is 1. The second-order valence-electron chi connectivity index (χ2n) is 11.9. The first kappa shape index (κ1) is 32.4. The van der Waals surface area contributed by atoms with Gasteiger partial charge in [0.25, 0.3) is 0 Å². The molecule has 3 fully saturated rings. The lowest BCUT2D eigenvalue weighted by molar-refractivity contribution is -0.297. The van der Waals surface area contributed by atoms with Crippen molar-refractivity contribution in [2.75, 3.05) is 46.4 Å². The van der Waals surface area contributed by atoms with Crippen LogP contribution in [0.3, 0.4) is 0 Å². The Hall–Kier alpha value is -1.47. The summed E-state index contributed by atoms with van der Waals surface area (Å²) in [7, 11) is 1.59. The number of amides is 1. The summed E-state index contributed by atoms with van der Waals surface area (Å²) in [5, 5.41) is 64.8. The highest BCUT2D eigenvalue weighted by Gasteiger charge is 2.53. The van der Waals surface area contributed by atoms with Crippen molar-refractivity contribution in [3.8, 4) is 0 Å². The van der Waals surface area contributed by atoms with Crippen molar-refractivity contribution < 1.29 is 44.5 Å². The van der Waals surface area contributed by atoms with Crippen LogP contribution in [0.5, 0.6) is 0 Å². The number of nitrogens with two attached hydrogens (primary N) is 2. The lowest BCUT2D eigenvalue weighted by atomic mass is 9.72. The summed E-state index contributed by atoms with van der Waals surface area (Å²) in [6.07, 6.45) is -4.42. The van der Waals surface area contributed by atoms with Gasteiger partial charge in [-0.05, 0) is 32.9 Å². The third-order valence-corrected chi connectivity index (χ3v) is 8.73. The molecule has 2 saturated heterocycles. The van der Waals surface area contributed by atoms with Gasteiger partial charge in [0.15, 0.2) is 6.29 Å². The highest BCUT2D eigenvalue weighted by Crippen LogP contribution is 2.36. The van der Waals surface area contributed by atoms with Crippen molar-refractivity contribution in [3.63, 3.8) is 0 Å². The molecule has 3 heterocycles. The van der Waals surface area contributed by atoms with Gasteiger partial charge in [-0.25, -0.2) is 0 Å². The smallest absolute Gasteiger partial charge is 0.249 e. The molecule has 2 unspecified atom stereocenters. The second-order valence-corrected chi connectivity index (χ2v) is 11.9. The predicted molar refractivity (Wildman–Crippen MR) is 146 cm³/mol. The fourth-order valence-electron chi connectivity index (χ4n) is 6.27. The van der Waals surface area contributed by atoms with Gasteiger partial charge in [0, 0.05) is 43.6 Å². The van der Waals surface area contributed by atoms with Gasteiger partial charge in [-0.1, -0.05) is 0 Å². The fourth-order valence-corrected chi connectivity index (χ4v) is 6.27. The van der Waals surface area contributed by atoms with Crippen molar-refractivity contribution >= 4 is 5.91 Å². The van der Waals surface area contributed by atoms with Crippen LogP contribution in [0.4, 0.5) is 0 Å². The predicted octanol–water partition coefficient (Wildman–Crippen LogP) is -5.22. The topological polar surface area (TPSA) is 246 Å². The molecule has 0 aromatic carbocycles. The second kappa shape index (κ2) is 13.9. The molecule has 1 amide bonds. The van der Waals surface area contributed by atoms with Crippen LogP contribution in [0.15, 0.2) is 11.8 Å². The van der Waals surface area contributed by atoms with Crippen LogP contribution in [0, 0.1) is 11.8 Å². The van der Waals surface area contributed by atoms with Gasteiger partial charge >= 0.3 is 0 Å². The van der Waals surface area contributed by atoms with E-state index in [1.54, 1.807) is 7.05 Å². The number of nitrogens with one attached hydrogen (secondary N) is 4. The van der Waals surface area contributed by atoms with E-state index in [2.05, 4.69) is 21.3 Å². The summed E-state index contributed by atoms with van der Waals surface area (Å²) in [5.41, 5.74) is 11.7. The highest BCUT2D eigenvalue weighted by atomic mass is 16.7. The van der Waals surface area contributed by atoms with E-state index in [0.29, 0.717) is 38.4 Å². The molecular weight excluding hydrogens is 540 g/mol. The van der Waals surface area contributed by atoms with Gasteiger partial charge in [-0.2, -0.15) is 0 Å². The molecule has 15 heteroatoms. The van der Waals surface area contributed by atoms with Crippen LogP contribution in [0.25, 0.3) is 0 Å². The highest BCUT2D eigenvalue weighted by molar-refractivity contribution is 5.81. The zero-order valence-electron chi connectivity index (χ0n) is 23.7. The molecule has 3 aliphatic heterocycles. The Bertz CT molecular complexity index is 909. The van der Waals surface area contributed by atoms with Crippen LogP contribution in [-0.4, -0.2) is 144 Å². The Morgan fingerprint density at radius 3 is 2.63 bits per heavy atom. The minimum atomic E-state index is -1.38. The maximum Gasteiger partial charge on any atom is 0.249 e. The number of carbonyl (C=O) groups excluding carboxylic acids is 1. The van der Waals surface area contributed by atoms with Gasteiger partial charge in [0.05, 0.1) is 37.9 Å². The molecule has 0 spiro atoms. The number of aliphatic hydroxyl groups is 5. The number of hydrogen-bond acceptors (Lipinski definition) is 14. The van der Waals surface area contributed by atoms with Crippen LogP contribution in [0.1, 0.15) is 19.8 Å². The average molecular weight is 589 g/mol. The summed E-state index contributed by atoms with van der Waals surface area (Å²) in [5.74, 6) is -0.946. The molecule has 0 aromatic heterocycles. The third-order valence-electron chi connectivity index (χ3n) is 8.73. The SMILES string of the molecule is CN[C@@H]1[C@@H](O)[C@@H](O[C@@H]2[C@@H](O)[C@H](C3OC(CNCCO)=CC[C@H]3N)[C@@H](N)C[C@H]2NC(=O)C(O)C2CNC2)OC[C@]1(C)O. The van der Waals surface area contributed by atoms with Crippen molar-refractivity contribution in [1.82, 2.24) is 21.3 Å². The van der Waals surface area contributed by atoms with Crippen molar-refractivity contribution in [2.45, 2.75) is 86.3 Å². The molecule has 13 N–H and O–H groups in total. The van der Waals surface area contributed by atoms with E-state index in [1.807, 2.05) is 6.08 Å². The van der Waals surface area contributed by atoms with E-state index in [1.165, 1.54) is 6.92 Å². The largest absolute Gasteiger partial charge is 0.492 e. The van der Waals surface area contributed by atoms with Gasteiger partial charge in [0.1, 0.15) is 35.8 Å². The zero-order chi connectivity index (χ0) is 29.9. The van der Waals surface area contributed by atoms with Gasteiger partial charge in [-0.15, -0.1) is 0 Å². The summed E-state index contributed by atoms with van der Waals surface area (Å²) in [4.78, 5) is 13.0. The summed E-state index contributed by atoms with van der Waals surface area (Å²) < 4.78 is 18.1. The first-order valence-electron chi connectivity index (χ1n) is 14.4. The van der Waals surface area contributed by atoms with Crippen molar-refractivity contribution in [2.24, 2.45) is 23.3 Å². The van der Waals surface area contributed by atoms with Gasteiger partial charge in [0.2, 0.25) is 5.91 Å². The van der Waals surface area contributed by atoms with Crippen molar-refractivity contribution in [1.29, 1.82) is 0 Å². The quantitative estimate of drug-likeness (QED) is 0.101. The molecule has 4 aliphatic rings. The normalized spacial score (nSPS) is 42.5. The summed E-state index contributed by atoms with van der Waals surface area (Å²) >= 11 is 0. The number of carbonyl (C=O) groups is 1. The van der Waals surface area contributed by atoms with E-state index in [-0.39, 0.29) is 25.6 Å². The zero-order valence-corrected chi connectivity index (χ0v) is 23.7. The lowest BCUT2D eigenvalue weighted by Crippen LogP contribution is -2.70. The van der Waals surface area contributed by atoms with Crippen molar-refractivity contribution in [3.05, 3.63) is 11.8 Å². The molecule has 12 atom stereocenters. The fraction of sp³-hybridized carbons (Fsp3) is 0.885. The maximum atomic E-state index is 13.0. The number of rotatable bonds is 11. The molecule has 41 heavy (non-hydrogen) atoms. The van der Waals surface area contributed by atoms with E-state index >= 15 is 0 Å². The van der Waals surface area contributed by atoms with E-state index < -0.39 is 78.4 Å². The van der Waals surface area contributed by atoms with Crippen LogP contribution in [-0.2, 0) is 19.0 Å². The molecule has 0 bridgehead atoms. The van der Waals surface area contributed by atoms with Crippen LogP contribution >= 0.6 is 0 Å². The first-order chi connectivity index (χ1) is 19.5. The standard InChI is InChI=1S/C26H48N6O9/c1-26(38)11-39-25(20(36)23(26)29-2)41-22-16(32-24(37)18(34)12-8-31-9-12)7-15(28)17(19(22)35)21-14(27)4-3-13(40-21)10-30-5-6-33/h3,12,14-23,25,29-31,33-36,38H,4-11,27-28H2,1-2H3,(H,32,37)/t14-,15+,16-,17-,18?,19+,20-,21?,22+,23-,25-,26+/m1/s1. The molecule has 0 aromatic rings. The minimum absolute atomic E-state index is 0.0283.